The van der Waals surface area contributed by atoms with Crippen molar-refractivity contribution in [2.45, 2.75) is 31.5 Å². The summed E-state index contributed by atoms with van der Waals surface area (Å²) in [5.41, 5.74) is 1.84. The first kappa shape index (κ1) is 24.8. The van der Waals surface area contributed by atoms with E-state index >= 15 is 0 Å². The third-order valence-electron chi connectivity index (χ3n) is 6.22. The quantitative estimate of drug-likeness (QED) is 0.341. The Kier molecular flexibility index (Phi) is 6.36. The predicted molar refractivity (Wildman–Crippen MR) is 126 cm³/mol. The second-order valence-electron chi connectivity index (χ2n) is 8.96. The molecule has 1 fully saturated rings. The Morgan fingerprint density at radius 2 is 1.76 bits per heavy atom. The maximum atomic E-state index is 13.5. The molecule has 4 aromatic rings. The van der Waals surface area contributed by atoms with Gasteiger partial charge in [0.2, 0.25) is 0 Å². The van der Waals surface area contributed by atoms with Crippen LogP contribution in [0.5, 0.6) is 0 Å². The van der Waals surface area contributed by atoms with Gasteiger partial charge in [-0.15, -0.1) is 0 Å². The summed E-state index contributed by atoms with van der Waals surface area (Å²) in [7, 11) is 0. The fraction of sp³-hybridized carbons (Fsp3) is 0.280. The van der Waals surface area contributed by atoms with E-state index in [1.54, 1.807) is 24.5 Å². The van der Waals surface area contributed by atoms with Crippen molar-refractivity contribution < 1.29 is 26.7 Å². The summed E-state index contributed by atoms with van der Waals surface area (Å²) in [6, 6.07) is 8.00. The molecule has 0 saturated carbocycles. The summed E-state index contributed by atoms with van der Waals surface area (Å²) in [6.45, 7) is 1.10. The van der Waals surface area contributed by atoms with Crippen molar-refractivity contribution in [1.29, 1.82) is 0 Å². The Morgan fingerprint density at radius 3 is 2.51 bits per heavy atom. The van der Waals surface area contributed by atoms with Gasteiger partial charge in [0.15, 0.2) is 5.69 Å². The summed E-state index contributed by atoms with van der Waals surface area (Å²) in [4.78, 5) is 22.6. The molecule has 1 amide bonds. The van der Waals surface area contributed by atoms with Crippen molar-refractivity contribution in [3.8, 4) is 11.1 Å². The number of rotatable bonds is 5. The molecule has 5 rings (SSSR count). The van der Waals surface area contributed by atoms with Crippen molar-refractivity contribution in [3.63, 3.8) is 0 Å². The van der Waals surface area contributed by atoms with Gasteiger partial charge in [0.1, 0.15) is 0 Å². The van der Waals surface area contributed by atoms with Gasteiger partial charge in [-0.05, 0) is 35.4 Å². The van der Waals surface area contributed by atoms with Gasteiger partial charge < -0.3 is 5.32 Å². The number of fused-ring (bicyclic) bond motifs is 1. The summed E-state index contributed by atoms with van der Waals surface area (Å²) >= 11 is 0. The summed E-state index contributed by atoms with van der Waals surface area (Å²) < 4.78 is 65.8. The number of alkyl halides is 5. The minimum atomic E-state index is -4.59. The van der Waals surface area contributed by atoms with Crippen LogP contribution in [-0.4, -0.2) is 50.0 Å². The number of H-pyrrole nitrogens is 1. The minimum absolute atomic E-state index is 0.00706. The number of carbonyl (C=O) groups excluding carboxylic acids is 1. The number of amides is 1. The number of piperidine rings is 1. The van der Waals surface area contributed by atoms with Crippen molar-refractivity contribution in [2.24, 2.45) is 0 Å². The number of nitrogens with zero attached hydrogens (tertiary/aromatic N) is 4. The standard InChI is InChI=1S/C25H21F5N6O/c26-24(27)3-5-36(6-4-24)14-15-7-17(11-31-10-15)16-1-2-21-20(8-16)22(35-34-21)23(37)33-19-9-18(12-32-13-19)25(28,29)30/h1-2,7-13H,3-6,14H2,(H,33,37)(H,34,35). The molecule has 0 aliphatic carbocycles. The van der Waals surface area contributed by atoms with Crippen LogP contribution in [0.15, 0.2) is 55.1 Å². The first-order valence-corrected chi connectivity index (χ1v) is 11.4. The van der Waals surface area contributed by atoms with E-state index in [1.165, 1.54) is 0 Å². The molecule has 1 aliphatic heterocycles. The fourth-order valence-corrected chi connectivity index (χ4v) is 4.25. The number of aromatic amines is 1. The number of benzene rings is 1. The average Bonchev–Trinajstić information content (AvgIpc) is 3.29. The van der Waals surface area contributed by atoms with Gasteiger partial charge in [0.25, 0.3) is 11.8 Å². The SMILES string of the molecule is O=C(Nc1cncc(C(F)(F)F)c1)c1n[nH]c2ccc(-c3cncc(CN4CCC(F)(F)CC4)c3)cc12. The highest BCUT2D eigenvalue weighted by molar-refractivity contribution is 6.11. The highest BCUT2D eigenvalue weighted by atomic mass is 19.4. The van der Waals surface area contributed by atoms with E-state index in [-0.39, 0.29) is 24.2 Å². The molecule has 1 aliphatic rings. The van der Waals surface area contributed by atoms with E-state index in [4.69, 9.17) is 0 Å². The number of hydrogen-bond acceptors (Lipinski definition) is 5. The maximum absolute atomic E-state index is 13.5. The van der Waals surface area contributed by atoms with Gasteiger partial charge in [-0.25, -0.2) is 8.78 Å². The molecule has 37 heavy (non-hydrogen) atoms. The fourth-order valence-electron chi connectivity index (χ4n) is 4.25. The third kappa shape index (κ3) is 5.58. The molecule has 0 radical (unpaired) electrons. The second kappa shape index (κ2) is 9.51. The highest BCUT2D eigenvalue weighted by Crippen LogP contribution is 2.31. The molecular formula is C25H21F5N6O. The van der Waals surface area contributed by atoms with Crippen LogP contribution in [0.1, 0.15) is 34.5 Å². The van der Waals surface area contributed by atoms with Gasteiger partial charge in [-0.1, -0.05) is 6.07 Å². The Labute approximate surface area is 207 Å². The molecule has 1 saturated heterocycles. The summed E-state index contributed by atoms with van der Waals surface area (Å²) in [6.07, 6.45) is 0.209. The number of nitrogens with one attached hydrogen (secondary N) is 2. The van der Waals surface area contributed by atoms with Gasteiger partial charge in [0.05, 0.1) is 23.0 Å². The zero-order valence-corrected chi connectivity index (χ0v) is 19.3. The molecule has 0 unspecified atom stereocenters. The van der Waals surface area contributed by atoms with E-state index in [0.717, 1.165) is 29.0 Å². The Bertz CT molecular complexity index is 1440. The van der Waals surface area contributed by atoms with Gasteiger partial charge >= 0.3 is 6.18 Å². The lowest BCUT2D eigenvalue weighted by Gasteiger charge is -2.31. The third-order valence-corrected chi connectivity index (χ3v) is 6.22. The summed E-state index contributed by atoms with van der Waals surface area (Å²) in [5, 5.41) is 9.68. The van der Waals surface area contributed by atoms with Gasteiger partial charge in [0, 0.05) is 62.0 Å². The average molecular weight is 516 g/mol. The molecule has 2 N–H and O–H groups in total. The van der Waals surface area contributed by atoms with E-state index in [9.17, 15) is 26.7 Å². The predicted octanol–water partition coefficient (Wildman–Crippen LogP) is 5.52. The molecule has 0 atom stereocenters. The van der Waals surface area contributed by atoms with Crippen LogP contribution in [0, 0.1) is 0 Å². The second-order valence-corrected chi connectivity index (χ2v) is 8.96. The van der Waals surface area contributed by atoms with Crippen molar-refractivity contribution >= 4 is 22.5 Å². The molecule has 12 heteroatoms. The Morgan fingerprint density at radius 1 is 1.00 bits per heavy atom. The van der Waals surface area contributed by atoms with Crippen LogP contribution in [0.2, 0.25) is 0 Å². The van der Waals surface area contributed by atoms with Crippen LogP contribution in [-0.2, 0) is 12.7 Å². The number of carbonyl (C=O) groups is 1. The van der Waals surface area contributed by atoms with Crippen LogP contribution in [0.4, 0.5) is 27.6 Å². The maximum Gasteiger partial charge on any atom is 0.417 e. The minimum Gasteiger partial charge on any atom is -0.319 e. The first-order chi connectivity index (χ1) is 17.6. The van der Waals surface area contributed by atoms with E-state index in [1.807, 2.05) is 17.0 Å². The molecule has 4 heterocycles. The smallest absolute Gasteiger partial charge is 0.319 e. The van der Waals surface area contributed by atoms with Crippen molar-refractivity contribution in [1.82, 2.24) is 25.1 Å². The number of aromatic nitrogens is 4. The topological polar surface area (TPSA) is 86.8 Å². The van der Waals surface area contributed by atoms with Crippen molar-refractivity contribution in [2.75, 3.05) is 18.4 Å². The van der Waals surface area contributed by atoms with Crippen molar-refractivity contribution in [3.05, 3.63) is 71.9 Å². The molecule has 0 spiro atoms. The van der Waals surface area contributed by atoms with E-state index in [0.29, 0.717) is 36.7 Å². The lowest BCUT2D eigenvalue weighted by atomic mass is 10.0. The normalized spacial score (nSPS) is 16.1. The largest absolute Gasteiger partial charge is 0.417 e. The lowest BCUT2D eigenvalue weighted by molar-refractivity contribution is -0.137. The number of likely N-dealkylation sites (tertiary alicyclic amines) is 1. The van der Waals surface area contributed by atoms with Gasteiger partial charge in [-0.2, -0.15) is 18.3 Å². The molecule has 192 valence electrons. The van der Waals surface area contributed by atoms with Gasteiger partial charge in [-0.3, -0.25) is 24.8 Å². The number of pyridine rings is 2. The lowest BCUT2D eigenvalue weighted by Crippen LogP contribution is -2.38. The van der Waals surface area contributed by atoms with E-state index in [2.05, 4.69) is 25.5 Å². The monoisotopic (exact) mass is 516 g/mol. The molecule has 3 aromatic heterocycles. The zero-order chi connectivity index (χ0) is 26.2. The Hall–Kier alpha value is -3.93. The number of hydrogen-bond donors (Lipinski definition) is 2. The Balaban J connectivity index is 1.36. The molecule has 0 bridgehead atoms. The summed E-state index contributed by atoms with van der Waals surface area (Å²) in [5.74, 6) is -3.31. The van der Waals surface area contributed by atoms with E-state index < -0.39 is 23.6 Å². The molecule has 7 nitrogen and oxygen atoms in total. The van der Waals surface area contributed by atoms with Crippen LogP contribution in [0.25, 0.3) is 22.0 Å². The number of anilines is 1. The van der Waals surface area contributed by atoms with Crippen LogP contribution in [0.3, 0.4) is 0 Å². The molecule has 1 aromatic carbocycles. The zero-order valence-electron chi connectivity index (χ0n) is 19.3. The highest BCUT2D eigenvalue weighted by Gasteiger charge is 2.34. The van der Waals surface area contributed by atoms with Crippen LogP contribution < -0.4 is 5.32 Å². The van der Waals surface area contributed by atoms with Crippen LogP contribution >= 0.6 is 0 Å². The number of halogens is 5. The first-order valence-electron chi connectivity index (χ1n) is 11.4. The molecular weight excluding hydrogens is 495 g/mol.